The van der Waals surface area contributed by atoms with Gasteiger partial charge in [-0.05, 0) is 36.8 Å². The van der Waals surface area contributed by atoms with Crippen LogP contribution in [0.3, 0.4) is 0 Å². The molecule has 1 saturated carbocycles. The fraction of sp³-hybridized carbons (Fsp3) is 0.333. The number of nitrogens with two attached hydrogens (primary N) is 1. The average molecular weight is 459 g/mol. The third-order valence-electron chi connectivity index (χ3n) is 6.59. The van der Waals surface area contributed by atoms with Gasteiger partial charge in [-0.2, -0.15) is 4.98 Å². The number of aliphatic hydroxyl groups is 2. The van der Waals surface area contributed by atoms with E-state index in [0.717, 1.165) is 40.5 Å². The molecule has 4 aromatic rings. The minimum absolute atomic E-state index is 0.0227. The summed E-state index contributed by atoms with van der Waals surface area (Å²) in [5, 5.41) is 22.7. The van der Waals surface area contributed by atoms with Crippen LogP contribution >= 0.6 is 0 Å². The summed E-state index contributed by atoms with van der Waals surface area (Å²) >= 11 is 0. The molecule has 0 saturated heterocycles. The van der Waals surface area contributed by atoms with Gasteiger partial charge in [-0.25, -0.2) is 4.98 Å². The van der Waals surface area contributed by atoms with Gasteiger partial charge in [-0.15, -0.1) is 0 Å². The Labute approximate surface area is 198 Å². The number of rotatable bonds is 9. The topological polar surface area (TPSA) is 117 Å². The van der Waals surface area contributed by atoms with Crippen LogP contribution in [0.25, 0.3) is 33.6 Å². The summed E-state index contributed by atoms with van der Waals surface area (Å²) in [5.74, 6) is 1.92. The molecule has 0 aliphatic heterocycles. The van der Waals surface area contributed by atoms with Crippen LogP contribution in [-0.4, -0.2) is 39.9 Å². The van der Waals surface area contributed by atoms with Gasteiger partial charge in [0.25, 0.3) is 0 Å². The standard InChI is InChI=1S/C27H30N4O3/c28-27(13-5-14-27)20-11-9-19(10-12-20)24-22(18-6-2-1-3-7-18)23-25(29-15-17-33)30-21(8-4-16-32)31-26(23)34-24/h1-3,6-7,9-12,32-33H,4-5,8,13-17,28H2,(H,29,30,31). The Bertz CT molecular complexity index is 1260. The smallest absolute Gasteiger partial charge is 0.232 e. The van der Waals surface area contributed by atoms with Crippen molar-refractivity contribution in [1.29, 1.82) is 0 Å². The highest BCUT2D eigenvalue weighted by atomic mass is 16.3. The molecule has 5 N–H and O–H groups in total. The van der Waals surface area contributed by atoms with Gasteiger partial charge in [-0.1, -0.05) is 54.6 Å². The van der Waals surface area contributed by atoms with E-state index in [4.69, 9.17) is 15.1 Å². The Morgan fingerprint density at radius 2 is 1.71 bits per heavy atom. The highest BCUT2D eigenvalue weighted by Crippen LogP contribution is 2.44. The van der Waals surface area contributed by atoms with E-state index in [9.17, 15) is 10.2 Å². The van der Waals surface area contributed by atoms with E-state index < -0.39 is 0 Å². The molecule has 0 atom stereocenters. The fourth-order valence-electron chi connectivity index (χ4n) is 4.58. The van der Waals surface area contributed by atoms with Crippen molar-refractivity contribution in [2.24, 2.45) is 5.73 Å². The number of benzene rings is 2. The normalized spacial score (nSPS) is 14.8. The fourth-order valence-corrected chi connectivity index (χ4v) is 4.58. The van der Waals surface area contributed by atoms with Crippen LogP contribution in [0.15, 0.2) is 59.0 Å². The lowest BCUT2D eigenvalue weighted by atomic mass is 9.72. The van der Waals surface area contributed by atoms with Crippen molar-refractivity contribution >= 4 is 16.9 Å². The molecule has 0 spiro atoms. The monoisotopic (exact) mass is 458 g/mol. The van der Waals surface area contributed by atoms with Gasteiger partial charge in [0.05, 0.1) is 12.0 Å². The van der Waals surface area contributed by atoms with Gasteiger partial charge in [0.15, 0.2) is 0 Å². The first-order valence-corrected chi connectivity index (χ1v) is 11.9. The predicted octanol–water partition coefficient (Wildman–Crippen LogP) is 4.22. The van der Waals surface area contributed by atoms with Crippen LogP contribution in [0.5, 0.6) is 0 Å². The van der Waals surface area contributed by atoms with Gasteiger partial charge in [0.1, 0.15) is 17.4 Å². The summed E-state index contributed by atoms with van der Waals surface area (Å²) in [4.78, 5) is 9.39. The third kappa shape index (κ3) is 4.18. The highest BCUT2D eigenvalue weighted by Gasteiger charge is 2.34. The lowest BCUT2D eigenvalue weighted by Gasteiger charge is -2.38. The lowest BCUT2D eigenvalue weighted by Crippen LogP contribution is -2.43. The number of furan rings is 1. The number of aryl methyl sites for hydroxylation is 1. The molecular formula is C27H30N4O3. The van der Waals surface area contributed by atoms with E-state index in [-0.39, 0.29) is 18.8 Å². The van der Waals surface area contributed by atoms with E-state index in [1.165, 1.54) is 6.42 Å². The molecular weight excluding hydrogens is 428 g/mol. The van der Waals surface area contributed by atoms with Crippen molar-refractivity contribution in [1.82, 2.24) is 9.97 Å². The van der Waals surface area contributed by atoms with Gasteiger partial charge in [0, 0.05) is 36.2 Å². The first kappa shape index (κ1) is 22.5. The molecule has 7 heteroatoms. The summed E-state index contributed by atoms with van der Waals surface area (Å²) in [6.45, 7) is 0.396. The second-order valence-electron chi connectivity index (χ2n) is 8.91. The molecule has 7 nitrogen and oxygen atoms in total. The van der Waals surface area contributed by atoms with E-state index in [0.29, 0.717) is 42.5 Å². The maximum absolute atomic E-state index is 9.42. The third-order valence-corrected chi connectivity index (χ3v) is 6.59. The van der Waals surface area contributed by atoms with Crippen molar-refractivity contribution in [3.05, 3.63) is 66.0 Å². The van der Waals surface area contributed by atoms with Crippen LogP contribution in [0, 0.1) is 0 Å². The predicted molar refractivity (Wildman–Crippen MR) is 133 cm³/mol. The molecule has 0 amide bonds. The van der Waals surface area contributed by atoms with Crippen LogP contribution in [0.4, 0.5) is 5.82 Å². The molecule has 176 valence electrons. The molecule has 5 rings (SSSR count). The Balaban J connectivity index is 1.69. The zero-order valence-electron chi connectivity index (χ0n) is 19.1. The molecule has 2 heterocycles. The second kappa shape index (κ2) is 9.54. The number of hydrogen-bond donors (Lipinski definition) is 4. The van der Waals surface area contributed by atoms with Gasteiger partial charge in [0.2, 0.25) is 5.71 Å². The largest absolute Gasteiger partial charge is 0.437 e. The molecule has 1 aliphatic rings. The first-order valence-electron chi connectivity index (χ1n) is 11.9. The molecule has 0 radical (unpaired) electrons. The Kier molecular flexibility index (Phi) is 6.32. The van der Waals surface area contributed by atoms with E-state index >= 15 is 0 Å². The van der Waals surface area contributed by atoms with Crippen LogP contribution in [-0.2, 0) is 12.0 Å². The van der Waals surface area contributed by atoms with Crippen LogP contribution < -0.4 is 11.1 Å². The molecule has 2 aromatic carbocycles. The summed E-state index contributed by atoms with van der Waals surface area (Å²) in [6, 6.07) is 18.4. The van der Waals surface area contributed by atoms with E-state index in [1.807, 2.05) is 30.3 Å². The van der Waals surface area contributed by atoms with Crippen molar-refractivity contribution in [2.75, 3.05) is 25.1 Å². The molecule has 0 unspecified atom stereocenters. The summed E-state index contributed by atoms with van der Waals surface area (Å²) in [5.41, 5.74) is 10.8. The number of hydrogen-bond acceptors (Lipinski definition) is 7. The molecule has 34 heavy (non-hydrogen) atoms. The molecule has 2 aromatic heterocycles. The van der Waals surface area contributed by atoms with Gasteiger partial charge < -0.3 is 25.7 Å². The number of aliphatic hydroxyl groups excluding tert-OH is 2. The zero-order chi connectivity index (χ0) is 23.5. The Hall–Kier alpha value is -3.26. The van der Waals surface area contributed by atoms with E-state index in [2.05, 4.69) is 34.6 Å². The summed E-state index contributed by atoms with van der Waals surface area (Å²) in [6.07, 6.45) is 4.29. The van der Waals surface area contributed by atoms with Crippen molar-refractivity contribution in [3.63, 3.8) is 0 Å². The van der Waals surface area contributed by atoms with Crippen LogP contribution in [0.2, 0.25) is 0 Å². The maximum Gasteiger partial charge on any atom is 0.232 e. The van der Waals surface area contributed by atoms with Crippen LogP contribution in [0.1, 0.15) is 37.1 Å². The number of nitrogens with zero attached hydrogens (tertiary/aromatic N) is 2. The lowest BCUT2D eigenvalue weighted by molar-refractivity contribution is 0.253. The van der Waals surface area contributed by atoms with Crippen molar-refractivity contribution in [3.8, 4) is 22.5 Å². The maximum atomic E-state index is 9.42. The highest BCUT2D eigenvalue weighted by molar-refractivity contribution is 6.06. The number of fused-ring (bicyclic) bond motifs is 1. The molecule has 0 bridgehead atoms. The average Bonchev–Trinajstić information content (AvgIpc) is 3.25. The van der Waals surface area contributed by atoms with Crippen molar-refractivity contribution < 1.29 is 14.6 Å². The number of aromatic nitrogens is 2. The van der Waals surface area contributed by atoms with E-state index in [1.54, 1.807) is 0 Å². The zero-order valence-corrected chi connectivity index (χ0v) is 19.1. The SMILES string of the molecule is NC1(c2ccc(-c3oc4nc(CCCO)nc(NCCO)c4c3-c3ccccc3)cc2)CCC1. The summed E-state index contributed by atoms with van der Waals surface area (Å²) < 4.78 is 6.40. The Morgan fingerprint density at radius 1 is 0.941 bits per heavy atom. The summed E-state index contributed by atoms with van der Waals surface area (Å²) in [7, 11) is 0. The first-order chi connectivity index (χ1) is 16.6. The minimum atomic E-state index is -0.219. The molecule has 1 fully saturated rings. The second-order valence-corrected chi connectivity index (χ2v) is 8.91. The molecule has 1 aliphatic carbocycles. The minimum Gasteiger partial charge on any atom is -0.437 e. The van der Waals surface area contributed by atoms with Gasteiger partial charge in [-0.3, -0.25) is 0 Å². The Morgan fingerprint density at radius 3 is 2.35 bits per heavy atom. The van der Waals surface area contributed by atoms with Gasteiger partial charge >= 0.3 is 0 Å². The number of anilines is 1. The quantitative estimate of drug-likeness (QED) is 0.297. The van der Waals surface area contributed by atoms with Crippen molar-refractivity contribution in [2.45, 2.75) is 37.6 Å². The number of nitrogens with one attached hydrogen (secondary N) is 1.